The zero-order valence-corrected chi connectivity index (χ0v) is 16.3. The number of hydrogen-bond donors (Lipinski definition) is 2. The standard InChI is InChI=1S/C19H27N5O.ClH/c1-3-24-13-21-23-19(24)16-8-4-5-9-17(16)22-18(25)11-14(2)15-7-6-10-20-12-15;/h4-5,8-9,13-15,20H,3,6-7,10-12H2,1-2H3,(H,22,25);1H. The molecule has 1 aliphatic heterocycles. The third-order valence-corrected chi connectivity index (χ3v) is 5.05. The summed E-state index contributed by atoms with van der Waals surface area (Å²) in [4.78, 5) is 12.6. The van der Waals surface area contributed by atoms with Gasteiger partial charge in [-0.3, -0.25) is 4.79 Å². The minimum atomic E-state index is 0. The zero-order chi connectivity index (χ0) is 17.6. The molecule has 0 saturated carbocycles. The number of anilines is 1. The van der Waals surface area contributed by atoms with Crippen molar-refractivity contribution < 1.29 is 4.79 Å². The summed E-state index contributed by atoms with van der Waals surface area (Å²) >= 11 is 0. The van der Waals surface area contributed by atoms with Crippen LogP contribution in [0.3, 0.4) is 0 Å². The van der Waals surface area contributed by atoms with Crippen molar-refractivity contribution >= 4 is 24.0 Å². The Hall–Kier alpha value is -1.92. The first kappa shape index (κ1) is 20.4. The van der Waals surface area contributed by atoms with E-state index >= 15 is 0 Å². The van der Waals surface area contributed by atoms with Crippen LogP contribution in [0.1, 0.15) is 33.1 Å². The summed E-state index contributed by atoms with van der Waals surface area (Å²) in [6.45, 7) is 7.13. The molecule has 1 saturated heterocycles. The number of aromatic nitrogens is 3. The van der Waals surface area contributed by atoms with Crippen molar-refractivity contribution in [3.05, 3.63) is 30.6 Å². The van der Waals surface area contributed by atoms with Gasteiger partial charge in [0.05, 0.1) is 5.69 Å². The van der Waals surface area contributed by atoms with Gasteiger partial charge < -0.3 is 15.2 Å². The van der Waals surface area contributed by atoms with Gasteiger partial charge in [0.1, 0.15) is 6.33 Å². The SMILES string of the molecule is CCn1cnnc1-c1ccccc1NC(=O)CC(C)C1CCCNC1.Cl. The maximum Gasteiger partial charge on any atom is 0.224 e. The van der Waals surface area contributed by atoms with Crippen LogP contribution in [0.25, 0.3) is 11.4 Å². The van der Waals surface area contributed by atoms with Crippen LogP contribution in [0.2, 0.25) is 0 Å². The topological polar surface area (TPSA) is 71.8 Å². The number of halogens is 1. The number of rotatable bonds is 6. The molecule has 1 fully saturated rings. The van der Waals surface area contributed by atoms with Gasteiger partial charge >= 0.3 is 0 Å². The Morgan fingerprint density at radius 2 is 2.23 bits per heavy atom. The highest BCUT2D eigenvalue weighted by Crippen LogP contribution is 2.27. The monoisotopic (exact) mass is 377 g/mol. The van der Waals surface area contributed by atoms with E-state index in [-0.39, 0.29) is 18.3 Å². The normalized spacial score (nSPS) is 18.0. The fourth-order valence-corrected chi connectivity index (χ4v) is 3.51. The predicted octanol–water partition coefficient (Wildman–Crippen LogP) is 3.35. The Morgan fingerprint density at radius 1 is 1.42 bits per heavy atom. The smallest absolute Gasteiger partial charge is 0.224 e. The van der Waals surface area contributed by atoms with E-state index in [1.54, 1.807) is 6.33 Å². The van der Waals surface area contributed by atoms with Gasteiger partial charge in [-0.15, -0.1) is 22.6 Å². The number of carbonyl (C=O) groups excluding carboxylic acids is 1. The van der Waals surface area contributed by atoms with Crippen LogP contribution in [0, 0.1) is 11.8 Å². The van der Waals surface area contributed by atoms with Gasteiger partial charge in [0.15, 0.2) is 5.82 Å². The van der Waals surface area contributed by atoms with E-state index in [2.05, 4.69) is 27.8 Å². The maximum atomic E-state index is 12.6. The average molecular weight is 378 g/mol. The van der Waals surface area contributed by atoms with E-state index in [0.29, 0.717) is 18.3 Å². The van der Waals surface area contributed by atoms with Crippen LogP contribution >= 0.6 is 12.4 Å². The number of para-hydroxylation sites is 1. The molecule has 6 nitrogen and oxygen atoms in total. The van der Waals surface area contributed by atoms with Crippen LogP contribution in [0.15, 0.2) is 30.6 Å². The Morgan fingerprint density at radius 3 is 2.96 bits per heavy atom. The Kier molecular flexibility index (Phi) is 7.60. The molecule has 1 aromatic carbocycles. The van der Waals surface area contributed by atoms with E-state index in [9.17, 15) is 4.79 Å². The van der Waals surface area contributed by atoms with E-state index in [1.807, 2.05) is 35.8 Å². The first-order chi connectivity index (χ1) is 12.2. The molecule has 1 aliphatic rings. The fourth-order valence-electron chi connectivity index (χ4n) is 3.51. The lowest BCUT2D eigenvalue weighted by molar-refractivity contribution is -0.117. The number of amides is 1. The number of nitrogens with one attached hydrogen (secondary N) is 2. The lowest BCUT2D eigenvalue weighted by Gasteiger charge is -2.28. The van der Waals surface area contributed by atoms with Gasteiger partial charge in [-0.2, -0.15) is 0 Å². The van der Waals surface area contributed by atoms with Gasteiger partial charge in [0.2, 0.25) is 5.91 Å². The molecule has 142 valence electrons. The molecule has 0 aliphatic carbocycles. The van der Waals surface area contributed by atoms with Crippen molar-refractivity contribution in [2.75, 3.05) is 18.4 Å². The summed E-state index contributed by atoms with van der Waals surface area (Å²) in [5.74, 6) is 1.80. The summed E-state index contributed by atoms with van der Waals surface area (Å²) in [5, 5.41) is 14.7. The molecule has 2 atom stereocenters. The van der Waals surface area contributed by atoms with E-state index in [4.69, 9.17) is 0 Å². The minimum absolute atomic E-state index is 0. The highest BCUT2D eigenvalue weighted by atomic mass is 35.5. The number of piperidine rings is 1. The number of aryl methyl sites for hydroxylation is 1. The molecule has 0 bridgehead atoms. The van der Waals surface area contributed by atoms with Crippen molar-refractivity contribution in [1.82, 2.24) is 20.1 Å². The van der Waals surface area contributed by atoms with Crippen LogP contribution in [0.4, 0.5) is 5.69 Å². The third kappa shape index (κ3) is 4.83. The minimum Gasteiger partial charge on any atom is -0.325 e. The third-order valence-electron chi connectivity index (χ3n) is 5.05. The number of carbonyl (C=O) groups is 1. The van der Waals surface area contributed by atoms with Gasteiger partial charge in [-0.1, -0.05) is 19.1 Å². The summed E-state index contributed by atoms with van der Waals surface area (Å²) in [6, 6.07) is 7.78. The van der Waals surface area contributed by atoms with Crippen molar-refractivity contribution in [3.63, 3.8) is 0 Å². The lowest BCUT2D eigenvalue weighted by Crippen LogP contribution is -2.34. The zero-order valence-electron chi connectivity index (χ0n) is 15.4. The summed E-state index contributed by atoms with van der Waals surface area (Å²) in [6.07, 6.45) is 4.66. The molecular weight excluding hydrogens is 350 g/mol. The molecule has 2 unspecified atom stereocenters. The van der Waals surface area contributed by atoms with Gasteiger partial charge in [-0.05, 0) is 56.8 Å². The van der Waals surface area contributed by atoms with E-state index in [0.717, 1.165) is 36.7 Å². The first-order valence-electron chi connectivity index (χ1n) is 9.16. The fraction of sp³-hybridized carbons (Fsp3) is 0.526. The van der Waals surface area contributed by atoms with E-state index < -0.39 is 0 Å². The second-order valence-corrected chi connectivity index (χ2v) is 6.82. The molecular formula is C19H28ClN5O. The van der Waals surface area contributed by atoms with Crippen molar-refractivity contribution in [2.45, 2.75) is 39.7 Å². The van der Waals surface area contributed by atoms with Crippen LogP contribution < -0.4 is 10.6 Å². The van der Waals surface area contributed by atoms with Crippen molar-refractivity contribution in [3.8, 4) is 11.4 Å². The second kappa shape index (κ2) is 9.69. The first-order valence-corrected chi connectivity index (χ1v) is 9.16. The number of hydrogen-bond acceptors (Lipinski definition) is 4. The molecule has 7 heteroatoms. The maximum absolute atomic E-state index is 12.6. The van der Waals surface area contributed by atoms with Gasteiger partial charge in [-0.25, -0.2) is 0 Å². The predicted molar refractivity (Wildman–Crippen MR) is 106 cm³/mol. The molecule has 2 heterocycles. The number of nitrogens with zero attached hydrogens (tertiary/aromatic N) is 3. The summed E-state index contributed by atoms with van der Waals surface area (Å²) in [5.41, 5.74) is 1.70. The number of benzene rings is 1. The second-order valence-electron chi connectivity index (χ2n) is 6.82. The largest absolute Gasteiger partial charge is 0.325 e. The molecule has 1 amide bonds. The molecule has 3 rings (SSSR count). The van der Waals surface area contributed by atoms with E-state index in [1.165, 1.54) is 12.8 Å². The summed E-state index contributed by atoms with van der Waals surface area (Å²) < 4.78 is 1.97. The van der Waals surface area contributed by atoms with Gasteiger partial charge in [0.25, 0.3) is 0 Å². The van der Waals surface area contributed by atoms with Crippen LogP contribution in [-0.2, 0) is 11.3 Å². The van der Waals surface area contributed by atoms with Crippen LogP contribution in [0.5, 0.6) is 0 Å². The van der Waals surface area contributed by atoms with Gasteiger partial charge in [0, 0.05) is 18.5 Å². The Balaban J connectivity index is 0.00000243. The molecule has 2 N–H and O–H groups in total. The average Bonchev–Trinajstić information content (AvgIpc) is 3.11. The van der Waals surface area contributed by atoms with Crippen molar-refractivity contribution in [1.29, 1.82) is 0 Å². The van der Waals surface area contributed by atoms with Crippen molar-refractivity contribution in [2.24, 2.45) is 11.8 Å². The van der Waals surface area contributed by atoms with Crippen LogP contribution in [-0.4, -0.2) is 33.8 Å². The Bertz CT molecular complexity index is 711. The highest BCUT2D eigenvalue weighted by molar-refractivity contribution is 5.94. The lowest BCUT2D eigenvalue weighted by atomic mass is 9.85. The molecule has 26 heavy (non-hydrogen) atoms. The molecule has 2 aromatic rings. The quantitative estimate of drug-likeness (QED) is 0.809. The Labute approximate surface area is 161 Å². The highest BCUT2D eigenvalue weighted by Gasteiger charge is 2.22. The molecule has 0 radical (unpaired) electrons. The summed E-state index contributed by atoms with van der Waals surface area (Å²) in [7, 11) is 0. The molecule has 1 aromatic heterocycles. The molecule has 0 spiro atoms.